The predicted molar refractivity (Wildman–Crippen MR) is 82.9 cm³/mol. The Kier molecular flexibility index (Phi) is 5.71. The van der Waals surface area contributed by atoms with Gasteiger partial charge in [-0.2, -0.15) is 0 Å². The van der Waals surface area contributed by atoms with E-state index in [0.29, 0.717) is 18.1 Å². The lowest BCUT2D eigenvalue weighted by Gasteiger charge is -2.27. The molecule has 2 rings (SSSR count). The maximum absolute atomic E-state index is 12.0. The minimum absolute atomic E-state index is 0.0372. The van der Waals surface area contributed by atoms with Gasteiger partial charge in [0, 0.05) is 19.3 Å². The smallest absolute Gasteiger partial charge is 0.266 e. The number of nitrogens with zero attached hydrogens (tertiary/aromatic N) is 3. The van der Waals surface area contributed by atoms with Crippen molar-refractivity contribution in [1.29, 1.82) is 0 Å². The summed E-state index contributed by atoms with van der Waals surface area (Å²) >= 11 is 0. The van der Waals surface area contributed by atoms with E-state index in [-0.39, 0.29) is 25.0 Å². The first-order chi connectivity index (χ1) is 10.7. The van der Waals surface area contributed by atoms with Crippen LogP contribution in [0.15, 0.2) is 18.3 Å². The molecule has 0 radical (unpaired) electrons. The zero-order valence-corrected chi connectivity index (χ0v) is 13.0. The number of fused-ring (bicyclic) bond motifs is 1. The van der Waals surface area contributed by atoms with Crippen molar-refractivity contribution in [2.75, 3.05) is 44.2 Å². The molecule has 0 fully saturated rings. The van der Waals surface area contributed by atoms with Gasteiger partial charge in [-0.1, -0.05) is 13.8 Å². The number of carbonyl (C=O) groups is 2. The van der Waals surface area contributed by atoms with Gasteiger partial charge in [0.1, 0.15) is 6.54 Å². The zero-order valence-electron chi connectivity index (χ0n) is 13.0. The summed E-state index contributed by atoms with van der Waals surface area (Å²) in [7, 11) is 0. The zero-order chi connectivity index (χ0) is 15.9. The molecule has 7 heteroatoms. The van der Waals surface area contributed by atoms with Crippen molar-refractivity contribution in [3.8, 4) is 5.75 Å². The molecule has 0 atom stereocenters. The van der Waals surface area contributed by atoms with Crippen molar-refractivity contribution in [2.45, 2.75) is 13.8 Å². The van der Waals surface area contributed by atoms with Gasteiger partial charge in [-0.25, -0.2) is 4.98 Å². The molecular formula is C15H22N4O3. The fourth-order valence-electron chi connectivity index (χ4n) is 2.29. The average Bonchev–Trinajstić information content (AvgIpc) is 2.54. The van der Waals surface area contributed by atoms with Crippen molar-refractivity contribution >= 4 is 17.6 Å². The maximum Gasteiger partial charge on any atom is 0.266 e. The van der Waals surface area contributed by atoms with Gasteiger partial charge in [0.15, 0.2) is 18.2 Å². The first kappa shape index (κ1) is 16.2. The van der Waals surface area contributed by atoms with E-state index in [1.54, 1.807) is 18.3 Å². The van der Waals surface area contributed by atoms with Gasteiger partial charge in [0.25, 0.3) is 5.91 Å². The third kappa shape index (κ3) is 3.94. The SMILES string of the molecule is CCN(CC)CCNC(=O)CN1C(=O)COc2cccnc21. The van der Waals surface area contributed by atoms with E-state index in [1.165, 1.54) is 4.90 Å². The average molecular weight is 306 g/mol. The highest BCUT2D eigenvalue weighted by Crippen LogP contribution is 2.28. The molecule has 1 aromatic rings. The fraction of sp³-hybridized carbons (Fsp3) is 0.533. The number of anilines is 1. The van der Waals surface area contributed by atoms with Gasteiger partial charge in [0.05, 0.1) is 0 Å². The van der Waals surface area contributed by atoms with Crippen LogP contribution < -0.4 is 15.0 Å². The number of ether oxygens (including phenoxy) is 1. The molecule has 22 heavy (non-hydrogen) atoms. The summed E-state index contributed by atoms with van der Waals surface area (Å²) in [4.78, 5) is 31.7. The number of aromatic nitrogens is 1. The molecule has 1 aliphatic heterocycles. The number of rotatable bonds is 7. The van der Waals surface area contributed by atoms with Gasteiger partial charge in [-0.15, -0.1) is 0 Å². The van der Waals surface area contributed by atoms with E-state index in [1.807, 2.05) is 0 Å². The Labute approximate surface area is 130 Å². The van der Waals surface area contributed by atoms with Crippen molar-refractivity contribution in [2.24, 2.45) is 0 Å². The maximum atomic E-state index is 12.0. The summed E-state index contributed by atoms with van der Waals surface area (Å²) in [6.45, 7) is 7.33. The summed E-state index contributed by atoms with van der Waals surface area (Å²) in [5, 5.41) is 2.84. The second-order valence-corrected chi connectivity index (χ2v) is 4.97. The summed E-state index contributed by atoms with van der Waals surface area (Å²) in [5.41, 5.74) is 0. The molecule has 1 aliphatic rings. The van der Waals surface area contributed by atoms with Crippen LogP contribution >= 0.6 is 0 Å². The summed E-state index contributed by atoms with van der Waals surface area (Å²) in [6.07, 6.45) is 1.58. The number of hydrogen-bond acceptors (Lipinski definition) is 5. The lowest BCUT2D eigenvalue weighted by Crippen LogP contribution is -2.46. The Morgan fingerprint density at radius 3 is 2.95 bits per heavy atom. The highest BCUT2D eigenvalue weighted by atomic mass is 16.5. The second-order valence-electron chi connectivity index (χ2n) is 4.97. The highest BCUT2D eigenvalue weighted by molar-refractivity contribution is 6.01. The summed E-state index contributed by atoms with van der Waals surface area (Å²) < 4.78 is 5.30. The largest absolute Gasteiger partial charge is 0.480 e. The number of amides is 2. The van der Waals surface area contributed by atoms with E-state index in [0.717, 1.165) is 19.6 Å². The van der Waals surface area contributed by atoms with Crippen LogP contribution in [0.5, 0.6) is 5.75 Å². The van der Waals surface area contributed by atoms with Crippen molar-refractivity contribution in [3.63, 3.8) is 0 Å². The standard InChI is InChI=1S/C15H22N4O3/c1-3-18(4-2)9-8-16-13(20)10-19-14(21)11-22-12-6-5-7-17-15(12)19/h5-7H,3-4,8-11H2,1-2H3,(H,16,20). The van der Waals surface area contributed by atoms with Crippen LogP contribution in [-0.4, -0.2) is 61.0 Å². The van der Waals surface area contributed by atoms with E-state index in [2.05, 4.69) is 29.0 Å². The van der Waals surface area contributed by atoms with Gasteiger partial charge >= 0.3 is 0 Å². The highest BCUT2D eigenvalue weighted by Gasteiger charge is 2.28. The number of carbonyl (C=O) groups excluding carboxylic acids is 2. The van der Waals surface area contributed by atoms with E-state index in [4.69, 9.17) is 4.74 Å². The van der Waals surface area contributed by atoms with E-state index < -0.39 is 0 Å². The number of hydrogen-bond donors (Lipinski definition) is 1. The fourth-order valence-corrected chi connectivity index (χ4v) is 2.29. The Balaban J connectivity index is 1.90. The Morgan fingerprint density at radius 1 is 1.45 bits per heavy atom. The molecule has 0 aliphatic carbocycles. The topological polar surface area (TPSA) is 74.8 Å². The van der Waals surface area contributed by atoms with Crippen LogP contribution in [0.4, 0.5) is 5.82 Å². The van der Waals surface area contributed by atoms with Crippen LogP contribution in [0.2, 0.25) is 0 Å². The van der Waals surface area contributed by atoms with Crippen LogP contribution in [-0.2, 0) is 9.59 Å². The molecule has 0 aromatic carbocycles. The third-order valence-corrected chi connectivity index (χ3v) is 3.61. The van der Waals surface area contributed by atoms with Crippen LogP contribution in [0, 0.1) is 0 Å². The number of nitrogens with one attached hydrogen (secondary N) is 1. The van der Waals surface area contributed by atoms with Crippen molar-refractivity contribution in [1.82, 2.24) is 15.2 Å². The molecule has 2 amide bonds. The van der Waals surface area contributed by atoms with Crippen LogP contribution in [0.25, 0.3) is 0 Å². The summed E-state index contributed by atoms with van der Waals surface area (Å²) in [6, 6.07) is 3.47. The Hall–Kier alpha value is -2.15. The Bertz CT molecular complexity index is 531. The van der Waals surface area contributed by atoms with Gasteiger partial charge in [0.2, 0.25) is 5.91 Å². The van der Waals surface area contributed by atoms with Gasteiger partial charge < -0.3 is 15.0 Å². The molecule has 7 nitrogen and oxygen atoms in total. The summed E-state index contributed by atoms with van der Waals surface area (Å²) in [5.74, 6) is 0.472. The first-order valence-corrected chi connectivity index (χ1v) is 7.53. The molecule has 0 spiro atoms. The van der Waals surface area contributed by atoms with Crippen molar-refractivity contribution < 1.29 is 14.3 Å². The van der Waals surface area contributed by atoms with E-state index >= 15 is 0 Å². The van der Waals surface area contributed by atoms with Crippen molar-refractivity contribution in [3.05, 3.63) is 18.3 Å². The third-order valence-electron chi connectivity index (χ3n) is 3.61. The molecular weight excluding hydrogens is 284 g/mol. The van der Waals surface area contributed by atoms with E-state index in [9.17, 15) is 9.59 Å². The molecule has 0 saturated carbocycles. The van der Waals surface area contributed by atoms with Gasteiger partial charge in [-0.05, 0) is 25.2 Å². The minimum Gasteiger partial charge on any atom is -0.480 e. The molecule has 2 heterocycles. The lowest BCUT2D eigenvalue weighted by atomic mass is 10.3. The molecule has 1 N–H and O–H groups in total. The normalized spacial score (nSPS) is 13.8. The molecule has 120 valence electrons. The predicted octanol–water partition coefficient (Wildman–Crippen LogP) is 0.265. The quantitative estimate of drug-likeness (QED) is 0.782. The van der Waals surface area contributed by atoms with Crippen LogP contribution in [0.1, 0.15) is 13.8 Å². The first-order valence-electron chi connectivity index (χ1n) is 7.53. The minimum atomic E-state index is -0.259. The van der Waals surface area contributed by atoms with Gasteiger partial charge in [-0.3, -0.25) is 14.5 Å². The molecule has 0 unspecified atom stereocenters. The number of likely N-dealkylation sites (N-methyl/N-ethyl adjacent to an activating group) is 1. The molecule has 0 bridgehead atoms. The lowest BCUT2D eigenvalue weighted by molar-refractivity contribution is -0.125. The second kappa shape index (κ2) is 7.74. The monoisotopic (exact) mass is 306 g/mol. The molecule has 1 aromatic heterocycles. The van der Waals surface area contributed by atoms with Crippen LogP contribution in [0.3, 0.4) is 0 Å². The Morgan fingerprint density at radius 2 is 2.23 bits per heavy atom. The number of pyridine rings is 1. The molecule has 0 saturated heterocycles.